The van der Waals surface area contributed by atoms with E-state index in [9.17, 15) is 0 Å². The van der Waals surface area contributed by atoms with E-state index < -0.39 is 5.60 Å². The van der Waals surface area contributed by atoms with Crippen LogP contribution in [0.2, 0.25) is 0 Å². The summed E-state index contributed by atoms with van der Waals surface area (Å²) < 4.78 is 25.7. The smallest absolute Gasteiger partial charge is 0.320 e. The first-order valence-electron chi connectivity index (χ1n) is 12.5. The largest absolute Gasteiger partial charge is 0.483 e. The highest BCUT2D eigenvalue weighted by molar-refractivity contribution is 9.10. The van der Waals surface area contributed by atoms with E-state index in [0.717, 1.165) is 28.3 Å². The Morgan fingerprint density at radius 3 is 2.40 bits per heavy atom. The molecule has 2 aromatic carbocycles. The first-order valence-corrected chi connectivity index (χ1v) is 13.3. The average Bonchev–Trinajstić information content (AvgIpc) is 3.66. The zero-order chi connectivity index (χ0) is 24.6. The highest BCUT2D eigenvalue weighted by Gasteiger charge is 2.31. The first-order chi connectivity index (χ1) is 16.8. The van der Waals surface area contributed by atoms with E-state index in [1.807, 2.05) is 39.0 Å². The molecule has 5 rings (SSSR count). The Bertz CT molecular complexity index is 1190. The van der Waals surface area contributed by atoms with Gasteiger partial charge in [-0.05, 0) is 79.6 Å². The van der Waals surface area contributed by atoms with E-state index in [0.29, 0.717) is 42.3 Å². The molecule has 1 saturated heterocycles. The molecule has 0 spiro atoms. The van der Waals surface area contributed by atoms with Crippen molar-refractivity contribution in [3.63, 3.8) is 0 Å². The second-order valence-corrected chi connectivity index (χ2v) is 11.2. The Kier molecular flexibility index (Phi) is 6.91. The molecule has 35 heavy (non-hydrogen) atoms. The van der Waals surface area contributed by atoms with Gasteiger partial charge >= 0.3 is 6.01 Å². The summed E-state index contributed by atoms with van der Waals surface area (Å²) in [5.74, 6) is 1.73. The van der Waals surface area contributed by atoms with Gasteiger partial charge in [0, 0.05) is 12.8 Å². The van der Waals surface area contributed by atoms with Gasteiger partial charge in [-0.15, -0.1) is 0 Å². The van der Waals surface area contributed by atoms with Crippen LogP contribution in [0, 0.1) is 0 Å². The van der Waals surface area contributed by atoms with E-state index in [1.54, 1.807) is 0 Å². The second kappa shape index (κ2) is 9.94. The third-order valence-electron chi connectivity index (χ3n) is 6.28. The van der Waals surface area contributed by atoms with E-state index >= 15 is 0 Å². The standard InChI is InChI=1S/C28H33BrN2O4/c1-17(18-8-6-5-7-9-18)33-25-23(29)21(19-10-11-19)16-22-24(25)30-27(31-26(22)35-28(2,3)4)34-20-12-14-32-15-13-20/h5-9,16-17,19-20H,10-15H2,1-4H3. The van der Waals surface area contributed by atoms with Crippen molar-refractivity contribution in [2.75, 3.05) is 13.2 Å². The maximum Gasteiger partial charge on any atom is 0.320 e. The van der Waals surface area contributed by atoms with Gasteiger partial charge in [0.25, 0.3) is 0 Å². The van der Waals surface area contributed by atoms with Crippen LogP contribution in [0.4, 0.5) is 0 Å². The van der Waals surface area contributed by atoms with E-state index in [4.69, 9.17) is 28.9 Å². The van der Waals surface area contributed by atoms with Crippen LogP contribution in [0.5, 0.6) is 17.6 Å². The third kappa shape index (κ3) is 5.72. The minimum Gasteiger partial charge on any atom is -0.483 e. The second-order valence-electron chi connectivity index (χ2n) is 10.4. The fourth-order valence-electron chi connectivity index (χ4n) is 4.32. The molecule has 2 fully saturated rings. The lowest BCUT2D eigenvalue weighted by Crippen LogP contribution is -2.27. The summed E-state index contributed by atoms with van der Waals surface area (Å²) in [5.41, 5.74) is 2.58. The van der Waals surface area contributed by atoms with Crippen LogP contribution >= 0.6 is 15.9 Å². The van der Waals surface area contributed by atoms with Crippen LogP contribution in [0.3, 0.4) is 0 Å². The molecule has 0 bridgehead atoms. The van der Waals surface area contributed by atoms with Crippen molar-refractivity contribution < 1.29 is 18.9 Å². The molecule has 2 aliphatic rings. The molecule has 0 radical (unpaired) electrons. The maximum absolute atomic E-state index is 6.62. The number of ether oxygens (including phenoxy) is 4. The van der Waals surface area contributed by atoms with Crippen LogP contribution in [0.15, 0.2) is 40.9 Å². The number of fused-ring (bicyclic) bond motifs is 1. The fraction of sp³-hybridized carbons (Fsp3) is 0.500. The number of aromatic nitrogens is 2. The fourth-order valence-corrected chi connectivity index (χ4v) is 5.04. The van der Waals surface area contributed by atoms with Crippen molar-refractivity contribution in [1.29, 1.82) is 0 Å². The van der Waals surface area contributed by atoms with Crippen molar-refractivity contribution in [3.8, 4) is 17.6 Å². The van der Waals surface area contributed by atoms with Gasteiger partial charge in [-0.25, -0.2) is 0 Å². The van der Waals surface area contributed by atoms with Crippen molar-refractivity contribution in [2.24, 2.45) is 0 Å². The number of benzene rings is 2. The molecule has 1 unspecified atom stereocenters. The molecular weight excluding hydrogens is 508 g/mol. The Morgan fingerprint density at radius 2 is 1.74 bits per heavy atom. The molecule has 6 nitrogen and oxygen atoms in total. The van der Waals surface area contributed by atoms with Gasteiger partial charge in [0.2, 0.25) is 5.88 Å². The van der Waals surface area contributed by atoms with Crippen LogP contribution in [0.25, 0.3) is 10.9 Å². The molecule has 1 saturated carbocycles. The highest BCUT2D eigenvalue weighted by atomic mass is 79.9. The quantitative estimate of drug-likeness (QED) is 0.317. The molecule has 2 heterocycles. The summed E-state index contributed by atoms with van der Waals surface area (Å²) in [6.45, 7) is 9.50. The Balaban J connectivity index is 1.63. The molecule has 1 aliphatic carbocycles. The summed E-state index contributed by atoms with van der Waals surface area (Å²) in [6, 6.07) is 12.7. The molecule has 0 amide bonds. The van der Waals surface area contributed by atoms with Crippen LogP contribution in [0.1, 0.15) is 76.5 Å². The zero-order valence-electron chi connectivity index (χ0n) is 20.8. The number of hydrogen-bond donors (Lipinski definition) is 0. The number of halogens is 1. The highest BCUT2D eigenvalue weighted by Crippen LogP contribution is 2.50. The summed E-state index contributed by atoms with van der Waals surface area (Å²) in [7, 11) is 0. The molecule has 0 N–H and O–H groups in total. The lowest BCUT2D eigenvalue weighted by atomic mass is 10.1. The zero-order valence-corrected chi connectivity index (χ0v) is 22.4. The molecule has 1 atom stereocenters. The van der Waals surface area contributed by atoms with Gasteiger partial charge < -0.3 is 18.9 Å². The average molecular weight is 541 g/mol. The van der Waals surface area contributed by atoms with Gasteiger partial charge in [-0.3, -0.25) is 0 Å². The molecular formula is C28H33BrN2O4. The van der Waals surface area contributed by atoms with E-state index in [2.05, 4.69) is 41.1 Å². The molecule has 3 aromatic rings. The van der Waals surface area contributed by atoms with Crippen molar-refractivity contribution >= 4 is 26.8 Å². The predicted molar refractivity (Wildman–Crippen MR) is 140 cm³/mol. The van der Waals surface area contributed by atoms with E-state index in [1.165, 1.54) is 18.4 Å². The van der Waals surface area contributed by atoms with Crippen LogP contribution < -0.4 is 14.2 Å². The Hall–Kier alpha value is -2.38. The van der Waals surface area contributed by atoms with Crippen LogP contribution in [-0.2, 0) is 4.74 Å². The summed E-state index contributed by atoms with van der Waals surface area (Å²) in [5, 5.41) is 0.847. The van der Waals surface area contributed by atoms with Gasteiger partial charge in [0.05, 0.1) is 23.1 Å². The minimum atomic E-state index is -0.428. The minimum absolute atomic E-state index is 0.0190. The Labute approximate surface area is 215 Å². The normalized spacial score (nSPS) is 17.9. The van der Waals surface area contributed by atoms with Gasteiger partial charge in [-0.1, -0.05) is 30.3 Å². The van der Waals surface area contributed by atoms with Gasteiger partial charge in [0.15, 0.2) is 5.75 Å². The van der Waals surface area contributed by atoms with Gasteiger partial charge in [-0.2, -0.15) is 9.97 Å². The van der Waals surface area contributed by atoms with Gasteiger partial charge in [0.1, 0.15) is 23.3 Å². The molecule has 7 heteroatoms. The number of hydrogen-bond acceptors (Lipinski definition) is 6. The Morgan fingerprint density at radius 1 is 1.03 bits per heavy atom. The van der Waals surface area contributed by atoms with Crippen molar-refractivity contribution in [2.45, 2.75) is 77.1 Å². The third-order valence-corrected chi connectivity index (χ3v) is 7.10. The molecule has 186 valence electrons. The molecule has 1 aliphatic heterocycles. The number of rotatable bonds is 7. The lowest BCUT2D eigenvalue weighted by molar-refractivity contribution is 0.0212. The summed E-state index contributed by atoms with van der Waals surface area (Å²) >= 11 is 3.87. The molecule has 1 aromatic heterocycles. The van der Waals surface area contributed by atoms with Crippen molar-refractivity contribution in [1.82, 2.24) is 9.97 Å². The first kappa shape index (κ1) is 24.3. The topological polar surface area (TPSA) is 62.7 Å². The van der Waals surface area contributed by atoms with E-state index in [-0.39, 0.29) is 12.2 Å². The van der Waals surface area contributed by atoms with Crippen LogP contribution in [-0.4, -0.2) is 34.9 Å². The van der Waals surface area contributed by atoms with Crippen molar-refractivity contribution in [3.05, 3.63) is 52.0 Å². The maximum atomic E-state index is 6.62. The monoisotopic (exact) mass is 540 g/mol. The number of nitrogens with zero attached hydrogens (tertiary/aromatic N) is 2. The predicted octanol–water partition coefficient (Wildman–Crippen LogP) is 7.14. The summed E-state index contributed by atoms with van der Waals surface area (Å²) in [4.78, 5) is 9.62. The summed E-state index contributed by atoms with van der Waals surface area (Å²) in [6.07, 6.45) is 3.82. The SMILES string of the molecule is CC(Oc1c(Br)c(C2CC2)cc2c(OC(C)(C)C)nc(OC3CCOCC3)nc12)c1ccccc1. The lowest BCUT2D eigenvalue weighted by Gasteiger charge is -2.25.